The molecule has 32 heavy (non-hydrogen) atoms. The summed E-state index contributed by atoms with van der Waals surface area (Å²) in [7, 11) is 1.66. The number of hydrogen-bond acceptors (Lipinski definition) is 4. The first-order chi connectivity index (χ1) is 15.4. The van der Waals surface area contributed by atoms with Crippen LogP contribution in [0.3, 0.4) is 0 Å². The molecule has 2 saturated heterocycles. The predicted octanol–water partition coefficient (Wildman–Crippen LogP) is 4.91. The molecule has 1 unspecified atom stereocenters. The van der Waals surface area contributed by atoms with Crippen LogP contribution >= 0.6 is 23.2 Å². The van der Waals surface area contributed by atoms with Gasteiger partial charge in [-0.2, -0.15) is 0 Å². The number of nitrogens with zero attached hydrogens (tertiary/aromatic N) is 2. The van der Waals surface area contributed by atoms with Gasteiger partial charge in [0, 0.05) is 19.1 Å². The Morgan fingerprint density at radius 3 is 2.38 bits per heavy atom. The quantitative estimate of drug-likeness (QED) is 0.617. The third kappa shape index (κ3) is 5.07. The fourth-order valence-corrected chi connectivity index (χ4v) is 5.20. The van der Waals surface area contributed by atoms with Crippen molar-refractivity contribution in [3.63, 3.8) is 0 Å². The minimum Gasteiger partial charge on any atom is -0.497 e. The van der Waals surface area contributed by atoms with Crippen molar-refractivity contribution in [3.05, 3.63) is 63.6 Å². The molecule has 5 nitrogen and oxygen atoms in total. The Kier molecular flexibility index (Phi) is 7.30. The van der Waals surface area contributed by atoms with Crippen molar-refractivity contribution in [3.8, 4) is 5.75 Å². The molecule has 1 atom stereocenters. The number of carbonyl (C=O) groups excluding carboxylic acids is 1. The van der Waals surface area contributed by atoms with E-state index in [1.807, 2.05) is 41.3 Å². The molecule has 2 aromatic rings. The molecule has 0 aliphatic carbocycles. The zero-order valence-electron chi connectivity index (χ0n) is 18.5. The van der Waals surface area contributed by atoms with E-state index in [1.54, 1.807) is 13.2 Å². The first kappa shape index (κ1) is 23.4. The van der Waals surface area contributed by atoms with Crippen LogP contribution in [-0.2, 0) is 11.3 Å². The summed E-state index contributed by atoms with van der Waals surface area (Å²) in [5.74, 6) is 1.16. The van der Waals surface area contributed by atoms with Gasteiger partial charge in [0.2, 0.25) is 5.91 Å². The fourth-order valence-electron chi connectivity index (χ4n) is 4.89. The van der Waals surface area contributed by atoms with Crippen LogP contribution in [0, 0.1) is 5.41 Å². The number of piperidine rings is 1. The molecule has 0 aromatic heterocycles. The molecule has 0 bridgehead atoms. The van der Waals surface area contributed by atoms with Gasteiger partial charge < -0.3 is 20.3 Å². The molecule has 2 aromatic carbocycles. The fraction of sp³-hybridized carbons (Fsp3) is 0.480. The van der Waals surface area contributed by atoms with Gasteiger partial charge in [0.25, 0.3) is 0 Å². The summed E-state index contributed by atoms with van der Waals surface area (Å²) in [6.07, 6.45) is 3.65. The number of halogens is 2. The molecule has 2 aliphatic rings. The van der Waals surface area contributed by atoms with Crippen LogP contribution in [0.4, 0.5) is 0 Å². The topological polar surface area (TPSA) is 58.8 Å². The Bertz CT molecular complexity index is 943. The molecule has 0 saturated carbocycles. The number of rotatable bonds is 7. The number of ether oxygens (including phenoxy) is 1. The number of likely N-dealkylation sites (tertiary alicyclic amines) is 2. The van der Waals surface area contributed by atoms with Crippen LogP contribution < -0.4 is 10.5 Å². The van der Waals surface area contributed by atoms with Crippen LogP contribution in [0.25, 0.3) is 0 Å². The van der Waals surface area contributed by atoms with Gasteiger partial charge in [-0.25, -0.2) is 0 Å². The van der Waals surface area contributed by atoms with Crippen LogP contribution in [0.2, 0.25) is 10.0 Å². The molecular weight excluding hydrogens is 445 g/mol. The smallest absolute Gasteiger partial charge is 0.229 e. The van der Waals surface area contributed by atoms with Crippen molar-refractivity contribution < 1.29 is 9.53 Å². The lowest BCUT2D eigenvalue weighted by atomic mass is 9.77. The summed E-state index contributed by atoms with van der Waals surface area (Å²) in [5.41, 5.74) is 8.35. The maximum atomic E-state index is 13.3. The van der Waals surface area contributed by atoms with E-state index in [1.165, 1.54) is 0 Å². The third-order valence-electron chi connectivity index (χ3n) is 7.07. The van der Waals surface area contributed by atoms with E-state index in [0.29, 0.717) is 22.5 Å². The lowest BCUT2D eigenvalue weighted by Crippen LogP contribution is -2.45. The number of benzene rings is 2. The van der Waals surface area contributed by atoms with Gasteiger partial charge in [-0.1, -0.05) is 41.4 Å². The molecule has 1 amide bonds. The van der Waals surface area contributed by atoms with Gasteiger partial charge in [0.15, 0.2) is 0 Å². The molecule has 2 fully saturated rings. The largest absolute Gasteiger partial charge is 0.497 e. The Labute approximate surface area is 200 Å². The molecule has 0 radical (unpaired) electrons. The Balaban J connectivity index is 1.27. The molecule has 4 rings (SSSR count). The van der Waals surface area contributed by atoms with Crippen molar-refractivity contribution in [2.24, 2.45) is 11.1 Å². The second-order valence-electron chi connectivity index (χ2n) is 9.02. The lowest BCUT2D eigenvalue weighted by molar-refractivity contribution is -0.138. The normalized spacial score (nSPS) is 19.5. The van der Waals surface area contributed by atoms with Crippen LogP contribution in [0.1, 0.15) is 42.9 Å². The summed E-state index contributed by atoms with van der Waals surface area (Å²) < 4.78 is 5.23. The number of hydrogen-bond donors (Lipinski definition) is 1. The van der Waals surface area contributed by atoms with E-state index in [4.69, 9.17) is 33.7 Å². The monoisotopic (exact) mass is 475 g/mol. The molecule has 2 aliphatic heterocycles. The van der Waals surface area contributed by atoms with Crippen LogP contribution in [-0.4, -0.2) is 49.0 Å². The molecule has 2 heterocycles. The first-order valence-corrected chi connectivity index (χ1v) is 12.0. The number of amides is 1. The number of methoxy groups -OCH3 is 1. The molecule has 2 N–H and O–H groups in total. The van der Waals surface area contributed by atoms with Gasteiger partial charge in [0.1, 0.15) is 5.75 Å². The van der Waals surface area contributed by atoms with Gasteiger partial charge in [0.05, 0.1) is 22.6 Å². The van der Waals surface area contributed by atoms with Crippen molar-refractivity contribution in [2.45, 2.75) is 38.3 Å². The zero-order chi connectivity index (χ0) is 22.7. The number of nitrogens with two attached hydrogens (primary N) is 1. The second kappa shape index (κ2) is 10.0. The summed E-state index contributed by atoms with van der Waals surface area (Å²) in [5, 5.41) is 1.09. The van der Waals surface area contributed by atoms with Crippen molar-refractivity contribution >= 4 is 29.1 Å². The van der Waals surface area contributed by atoms with E-state index in [-0.39, 0.29) is 11.5 Å². The minimum absolute atomic E-state index is 0.0752. The summed E-state index contributed by atoms with van der Waals surface area (Å²) >= 11 is 12.1. The zero-order valence-corrected chi connectivity index (χ0v) is 20.0. The summed E-state index contributed by atoms with van der Waals surface area (Å²) in [4.78, 5) is 17.7. The van der Waals surface area contributed by atoms with Crippen LogP contribution in [0.15, 0.2) is 42.5 Å². The van der Waals surface area contributed by atoms with E-state index >= 15 is 0 Å². The van der Waals surface area contributed by atoms with Gasteiger partial charge in [-0.15, -0.1) is 0 Å². The van der Waals surface area contributed by atoms with E-state index < -0.39 is 0 Å². The Morgan fingerprint density at radius 1 is 1.03 bits per heavy atom. The van der Waals surface area contributed by atoms with Gasteiger partial charge in [-0.05, 0) is 80.7 Å². The highest BCUT2D eigenvalue weighted by Crippen LogP contribution is 2.42. The van der Waals surface area contributed by atoms with Gasteiger partial charge in [-0.3, -0.25) is 4.79 Å². The molecular formula is C25H31Cl2N3O2. The van der Waals surface area contributed by atoms with Crippen molar-refractivity contribution in [1.29, 1.82) is 0 Å². The highest BCUT2D eigenvalue weighted by Gasteiger charge is 2.47. The average Bonchev–Trinajstić information content (AvgIpc) is 3.10. The van der Waals surface area contributed by atoms with Crippen molar-refractivity contribution in [2.75, 3.05) is 33.3 Å². The van der Waals surface area contributed by atoms with Gasteiger partial charge >= 0.3 is 0 Å². The van der Waals surface area contributed by atoms with Crippen molar-refractivity contribution in [1.82, 2.24) is 9.80 Å². The van der Waals surface area contributed by atoms with E-state index in [9.17, 15) is 4.79 Å². The highest BCUT2D eigenvalue weighted by molar-refractivity contribution is 6.42. The first-order valence-electron chi connectivity index (χ1n) is 11.3. The second-order valence-corrected chi connectivity index (χ2v) is 9.83. The minimum atomic E-state index is -0.186. The lowest BCUT2D eigenvalue weighted by Gasteiger charge is -2.38. The maximum Gasteiger partial charge on any atom is 0.229 e. The van der Waals surface area contributed by atoms with Crippen LogP contribution in [0.5, 0.6) is 5.75 Å². The third-order valence-corrected chi connectivity index (χ3v) is 7.81. The van der Waals surface area contributed by atoms with E-state index in [0.717, 1.165) is 68.7 Å². The van der Waals surface area contributed by atoms with E-state index in [2.05, 4.69) is 4.90 Å². The predicted molar refractivity (Wildman–Crippen MR) is 129 cm³/mol. The molecule has 172 valence electrons. The maximum absolute atomic E-state index is 13.3. The number of carbonyl (C=O) groups is 1. The summed E-state index contributed by atoms with van der Waals surface area (Å²) in [6.45, 7) is 4.31. The summed E-state index contributed by atoms with van der Waals surface area (Å²) in [6, 6.07) is 13.5. The highest BCUT2D eigenvalue weighted by atomic mass is 35.5. The standard InChI is InChI=1S/C25H31Cl2N3O2/c1-32-20-5-2-18(3-6-20)17-30-15-11-25(24(30)31)9-13-29(14-10-25)12-8-23(28)19-4-7-21(26)22(27)16-19/h2-7,16,23H,8-15,17,28H2,1H3. The molecule has 1 spiro atoms. The Morgan fingerprint density at radius 2 is 1.72 bits per heavy atom. The molecule has 7 heteroatoms. The SMILES string of the molecule is COc1ccc(CN2CCC3(CCN(CCC(N)c4ccc(Cl)c(Cl)c4)CC3)C2=O)cc1. The average molecular weight is 476 g/mol. The Hall–Kier alpha value is -1.79.